The van der Waals surface area contributed by atoms with Crippen LogP contribution < -0.4 is 10.6 Å². The van der Waals surface area contributed by atoms with Crippen molar-refractivity contribution in [2.75, 3.05) is 16.4 Å². The first kappa shape index (κ1) is 21.0. The van der Waals surface area contributed by atoms with Gasteiger partial charge in [-0.25, -0.2) is 0 Å². The number of nitrogens with one attached hydrogen (secondary N) is 2. The summed E-state index contributed by atoms with van der Waals surface area (Å²) in [6.07, 6.45) is 0. The molecule has 3 rings (SSSR count). The van der Waals surface area contributed by atoms with E-state index in [1.165, 1.54) is 23.5 Å². The van der Waals surface area contributed by atoms with E-state index >= 15 is 0 Å². The van der Waals surface area contributed by atoms with Gasteiger partial charge in [-0.15, -0.1) is 20.4 Å². The van der Waals surface area contributed by atoms with Crippen molar-refractivity contribution in [2.24, 2.45) is 0 Å². The number of benzene rings is 1. The Morgan fingerprint density at radius 1 is 1.17 bits per heavy atom. The number of nitro benzene ring substituents is 1. The largest absolute Gasteiger partial charge is 0.300 e. The second-order valence-corrected chi connectivity index (χ2v) is 9.03. The van der Waals surface area contributed by atoms with Crippen LogP contribution in [0.1, 0.15) is 15.4 Å². The number of carbonyl (C=O) groups excluding carboxylic acids is 2. The lowest BCUT2D eigenvalue weighted by Gasteiger charge is -2.03. The summed E-state index contributed by atoms with van der Waals surface area (Å²) in [5, 5.41) is 32.9. The highest BCUT2D eigenvalue weighted by molar-refractivity contribution is 8.01. The topological polar surface area (TPSA) is 153 Å². The number of amides is 2. The lowest BCUT2D eigenvalue weighted by Crippen LogP contribution is -2.13. The van der Waals surface area contributed by atoms with Crippen LogP contribution in [0.25, 0.3) is 0 Å². The number of nitro groups is 1. The van der Waals surface area contributed by atoms with E-state index in [1.54, 1.807) is 6.92 Å². The maximum atomic E-state index is 12.4. The zero-order valence-electron chi connectivity index (χ0n) is 14.4. The molecule has 2 N–H and O–H groups in total. The van der Waals surface area contributed by atoms with Crippen LogP contribution in [0.15, 0.2) is 22.5 Å². The van der Waals surface area contributed by atoms with Crippen LogP contribution >= 0.6 is 46.0 Å². The molecule has 0 saturated heterocycles. The van der Waals surface area contributed by atoms with E-state index in [1.807, 2.05) is 0 Å². The summed E-state index contributed by atoms with van der Waals surface area (Å²) in [6, 6.07) is 3.67. The molecule has 0 saturated carbocycles. The summed E-state index contributed by atoms with van der Waals surface area (Å²) in [6.45, 7) is 1.77. The maximum Gasteiger partial charge on any atom is 0.282 e. The van der Waals surface area contributed by atoms with Gasteiger partial charge in [-0.2, -0.15) is 0 Å². The molecule has 3 aromatic rings. The van der Waals surface area contributed by atoms with Gasteiger partial charge in [-0.3, -0.25) is 30.3 Å². The third-order valence-corrected chi connectivity index (χ3v) is 6.09. The van der Waals surface area contributed by atoms with Crippen LogP contribution in [0.4, 0.5) is 16.0 Å². The molecule has 2 heterocycles. The molecule has 29 heavy (non-hydrogen) atoms. The molecule has 1 aromatic carbocycles. The minimum atomic E-state index is -0.740. The number of nitrogens with zero attached hydrogens (tertiary/aromatic N) is 5. The Labute approximate surface area is 180 Å². The van der Waals surface area contributed by atoms with Crippen LogP contribution in [-0.2, 0) is 4.79 Å². The number of rotatable bonds is 7. The second kappa shape index (κ2) is 9.21. The Morgan fingerprint density at radius 2 is 1.90 bits per heavy atom. The van der Waals surface area contributed by atoms with Gasteiger partial charge in [0.1, 0.15) is 10.6 Å². The zero-order valence-corrected chi connectivity index (χ0v) is 17.6. The van der Waals surface area contributed by atoms with Gasteiger partial charge < -0.3 is 0 Å². The van der Waals surface area contributed by atoms with E-state index < -0.39 is 10.8 Å². The predicted molar refractivity (Wildman–Crippen MR) is 110 cm³/mol. The van der Waals surface area contributed by atoms with Gasteiger partial charge in [-0.1, -0.05) is 46.0 Å². The number of anilines is 2. The monoisotopic (exact) mass is 471 g/mol. The summed E-state index contributed by atoms with van der Waals surface area (Å²) in [7, 11) is 0. The molecule has 0 radical (unpaired) electrons. The Bertz CT molecular complexity index is 1090. The molecule has 0 atom stereocenters. The first-order valence-corrected chi connectivity index (χ1v) is 10.6. The highest BCUT2D eigenvalue weighted by Gasteiger charge is 2.22. The van der Waals surface area contributed by atoms with Crippen molar-refractivity contribution in [3.63, 3.8) is 0 Å². The molecule has 0 unspecified atom stereocenters. The van der Waals surface area contributed by atoms with E-state index in [4.69, 9.17) is 11.6 Å². The fraction of sp³-hybridized carbons (Fsp3) is 0.143. The van der Waals surface area contributed by atoms with Crippen molar-refractivity contribution in [1.82, 2.24) is 20.4 Å². The quantitative estimate of drug-likeness (QED) is 0.229. The molecule has 2 amide bonds. The van der Waals surface area contributed by atoms with Crippen molar-refractivity contribution in [2.45, 2.75) is 11.3 Å². The van der Waals surface area contributed by atoms with E-state index in [2.05, 4.69) is 31.0 Å². The normalized spacial score (nSPS) is 10.6. The number of hydrogen-bond acceptors (Lipinski definition) is 11. The van der Waals surface area contributed by atoms with Gasteiger partial charge >= 0.3 is 0 Å². The summed E-state index contributed by atoms with van der Waals surface area (Å²) in [4.78, 5) is 34.7. The van der Waals surface area contributed by atoms with Gasteiger partial charge in [0.2, 0.25) is 16.2 Å². The number of halogens is 1. The van der Waals surface area contributed by atoms with Crippen LogP contribution in [0, 0.1) is 17.0 Å². The molecule has 0 bridgehead atoms. The summed E-state index contributed by atoms with van der Waals surface area (Å²) < 4.78 is 0.435. The van der Waals surface area contributed by atoms with E-state index in [0.29, 0.717) is 9.47 Å². The van der Waals surface area contributed by atoms with E-state index in [-0.39, 0.29) is 33.1 Å². The minimum Gasteiger partial charge on any atom is -0.300 e. The molecule has 2 aromatic heterocycles. The van der Waals surface area contributed by atoms with Crippen molar-refractivity contribution < 1.29 is 14.5 Å². The molecule has 0 aliphatic heterocycles. The minimum absolute atomic E-state index is 0.0565. The number of aryl methyl sites for hydroxylation is 1. The highest BCUT2D eigenvalue weighted by Crippen LogP contribution is 2.28. The Hall–Kier alpha value is -2.68. The molecule has 0 spiro atoms. The van der Waals surface area contributed by atoms with Gasteiger partial charge in [0.15, 0.2) is 4.34 Å². The maximum absolute atomic E-state index is 12.4. The van der Waals surface area contributed by atoms with Gasteiger partial charge in [-0.05, 0) is 19.1 Å². The number of aromatic nitrogens is 4. The Balaban J connectivity index is 1.59. The fourth-order valence-corrected chi connectivity index (χ4v) is 4.29. The van der Waals surface area contributed by atoms with E-state index in [0.717, 1.165) is 34.2 Å². The smallest absolute Gasteiger partial charge is 0.282 e. The average Bonchev–Trinajstić information content (AvgIpc) is 3.28. The summed E-state index contributed by atoms with van der Waals surface area (Å²) in [5.74, 6) is -0.973. The predicted octanol–water partition coefficient (Wildman–Crippen LogP) is 3.24. The van der Waals surface area contributed by atoms with Crippen LogP contribution in [0.2, 0.25) is 5.02 Å². The van der Waals surface area contributed by atoms with Crippen LogP contribution in [0.3, 0.4) is 0 Å². The standard InChI is InChI=1S/C14H10ClN7O4S3/c1-6-18-19-12(28-6)16-10(23)5-27-14-21-20-13(29-14)17-11(24)8-4-7(15)2-3-9(8)22(25)26/h2-4H,5H2,1H3,(H,16,19,23)(H,17,20,24). The van der Waals surface area contributed by atoms with E-state index in [9.17, 15) is 19.7 Å². The Kier molecular flexibility index (Phi) is 6.68. The van der Waals surface area contributed by atoms with Crippen LogP contribution in [0.5, 0.6) is 0 Å². The first-order valence-electron chi connectivity index (χ1n) is 7.63. The second-order valence-electron chi connectivity index (χ2n) is 5.21. The molecule has 0 aliphatic rings. The van der Waals surface area contributed by atoms with Crippen molar-refractivity contribution in [3.05, 3.63) is 43.9 Å². The first-order chi connectivity index (χ1) is 13.8. The van der Waals surface area contributed by atoms with Crippen LogP contribution in [-0.4, -0.2) is 42.9 Å². The third kappa shape index (κ3) is 5.66. The number of hydrogen-bond donors (Lipinski definition) is 2. The molecular formula is C14H10ClN7O4S3. The zero-order chi connectivity index (χ0) is 21.0. The van der Waals surface area contributed by atoms with Gasteiger partial charge in [0.05, 0.1) is 10.7 Å². The molecule has 15 heteroatoms. The van der Waals surface area contributed by atoms with Crippen molar-refractivity contribution >= 4 is 73.8 Å². The molecule has 0 fully saturated rings. The summed E-state index contributed by atoms with van der Waals surface area (Å²) in [5.41, 5.74) is -0.576. The lowest BCUT2D eigenvalue weighted by molar-refractivity contribution is -0.385. The fourth-order valence-electron chi connectivity index (χ4n) is 1.96. The van der Waals surface area contributed by atoms with Gasteiger partial charge in [0, 0.05) is 11.1 Å². The van der Waals surface area contributed by atoms with Crippen molar-refractivity contribution in [1.29, 1.82) is 0 Å². The number of carbonyl (C=O) groups is 2. The summed E-state index contributed by atoms with van der Waals surface area (Å²) >= 11 is 9.23. The SMILES string of the molecule is Cc1nnc(NC(=O)CSc2nnc(NC(=O)c3cc(Cl)ccc3[N+](=O)[O-])s2)s1. The third-order valence-electron chi connectivity index (χ3n) is 3.13. The van der Waals surface area contributed by atoms with Crippen molar-refractivity contribution in [3.8, 4) is 0 Å². The number of thioether (sulfide) groups is 1. The molecule has 0 aliphatic carbocycles. The molecule has 150 valence electrons. The van der Waals surface area contributed by atoms with Gasteiger partial charge in [0.25, 0.3) is 11.6 Å². The molecule has 11 nitrogen and oxygen atoms in total. The Morgan fingerprint density at radius 3 is 2.59 bits per heavy atom. The molecular weight excluding hydrogens is 462 g/mol. The lowest BCUT2D eigenvalue weighted by atomic mass is 10.1. The highest BCUT2D eigenvalue weighted by atomic mass is 35.5. The average molecular weight is 472 g/mol.